The van der Waals surface area contributed by atoms with E-state index in [1.54, 1.807) is 0 Å². The van der Waals surface area contributed by atoms with Gasteiger partial charge in [0.05, 0.1) is 18.8 Å². The first kappa shape index (κ1) is 12.5. The zero-order valence-corrected chi connectivity index (χ0v) is 11.1. The number of nitrogens with two attached hydrogens (primary N) is 1. The van der Waals surface area contributed by atoms with E-state index in [2.05, 4.69) is 11.0 Å². The maximum Gasteiger partial charge on any atom is 0.124 e. The van der Waals surface area contributed by atoms with E-state index in [0.717, 1.165) is 30.8 Å². The van der Waals surface area contributed by atoms with E-state index in [9.17, 15) is 0 Å². The number of ether oxygens (including phenoxy) is 1. The van der Waals surface area contributed by atoms with E-state index >= 15 is 0 Å². The Kier molecular flexibility index (Phi) is 3.42. The van der Waals surface area contributed by atoms with Gasteiger partial charge in [-0.25, -0.2) is 0 Å². The first-order valence-corrected chi connectivity index (χ1v) is 7.09. The summed E-state index contributed by atoms with van der Waals surface area (Å²) < 4.78 is 5.91. The maximum atomic E-state index is 7.75. The highest BCUT2D eigenvalue weighted by molar-refractivity contribution is 6.00. The molecule has 3 N–H and O–H groups in total. The molecule has 2 aliphatic rings. The standard InChI is InChI=1S/C15H21N3O/c16-15(17)11-5-1-2-6-12(11)18-9-10-19-14-8-4-3-7-13(14)18/h1-2,5-6,13-14H,3-4,7-10H2,(H3,16,17). The summed E-state index contributed by atoms with van der Waals surface area (Å²) in [6.45, 7) is 1.67. The summed E-state index contributed by atoms with van der Waals surface area (Å²) in [5.74, 6) is 0.148. The van der Waals surface area contributed by atoms with E-state index in [0.29, 0.717) is 12.1 Å². The molecule has 2 unspecified atom stereocenters. The number of hydrogen-bond donors (Lipinski definition) is 2. The number of rotatable bonds is 2. The number of anilines is 1. The first-order chi connectivity index (χ1) is 9.27. The van der Waals surface area contributed by atoms with E-state index in [1.165, 1.54) is 19.3 Å². The van der Waals surface area contributed by atoms with Crippen molar-refractivity contribution >= 4 is 11.5 Å². The van der Waals surface area contributed by atoms with Gasteiger partial charge >= 0.3 is 0 Å². The lowest BCUT2D eigenvalue weighted by Gasteiger charge is -2.45. The van der Waals surface area contributed by atoms with Crippen LogP contribution < -0.4 is 10.6 Å². The molecule has 0 spiro atoms. The van der Waals surface area contributed by atoms with Crippen molar-refractivity contribution in [3.8, 4) is 0 Å². The van der Waals surface area contributed by atoms with Gasteiger partial charge in [0.2, 0.25) is 0 Å². The minimum atomic E-state index is 0.148. The van der Waals surface area contributed by atoms with Crippen molar-refractivity contribution in [2.45, 2.75) is 37.8 Å². The summed E-state index contributed by atoms with van der Waals surface area (Å²) in [5.41, 5.74) is 7.65. The number of morpholine rings is 1. The van der Waals surface area contributed by atoms with Gasteiger partial charge in [0.1, 0.15) is 5.84 Å². The molecule has 1 saturated heterocycles. The lowest BCUT2D eigenvalue weighted by molar-refractivity contribution is -0.00868. The van der Waals surface area contributed by atoms with Crippen LogP contribution in [0.25, 0.3) is 0 Å². The van der Waals surface area contributed by atoms with E-state index < -0.39 is 0 Å². The van der Waals surface area contributed by atoms with Gasteiger partial charge in [-0.1, -0.05) is 25.0 Å². The van der Waals surface area contributed by atoms with Crippen LogP contribution in [-0.4, -0.2) is 31.1 Å². The Hall–Kier alpha value is -1.55. The molecule has 4 nitrogen and oxygen atoms in total. The van der Waals surface area contributed by atoms with Crippen molar-refractivity contribution in [1.82, 2.24) is 0 Å². The summed E-state index contributed by atoms with van der Waals surface area (Å²) in [4.78, 5) is 2.41. The van der Waals surface area contributed by atoms with Crippen LogP contribution in [0.1, 0.15) is 31.2 Å². The monoisotopic (exact) mass is 259 g/mol. The predicted octanol–water partition coefficient (Wildman–Crippen LogP) is 2.12. The van der Waals surface area contributed by atoms with Crippen LogP contribution in [0.4, 0.5) is 5.69 Å². The van der Waals surface area contributed by atoms with Crippen LogP contribution in [0.2, 0.25) is 0 Å². The minimum Gasteiger partial charge on any atom is -0.384 e. The zero-order chi connectivity index (χ0) is 13.2. The topological polar surface area (TPSA) is 62.3 Å². The Morgan fingerprint density at radius 1 is 1.26 bits per heavy atom. The van der Waals surface area contributed by atoms with Crippen molar-refractivity contribution in [2.75, 3.05) is 18.1 Å². The van der Waals surface area contributed by atoms with Gasteiger partial charge in [-0.15, -0.1) is 0 Å². The molecule has 1 aromatic carbocycles. The van der Waals surface area contributed by atoms with Gasteiger partial charge in [-0.3, -0.25) is 5.41 Å². The number of para-hydroxylation sites is 1. The highest BCUT2D eigenvalue weighted by Crippen LogP contribution is 2.33. The lowest BCUT2D eigenvalue weighted by Crippen LogP contribution is -2.53. The molecule has 0 amide bonds. The van der Waals surface area contributed by atoms with Crippen molar-refractivity contribution in [1.29, 1.82) is 5.41 Å². The fraction of sp³-hybridized carbons (Fsp3) is 0.533. The molecule has 0 radical (unpaired) electrons. The van der Waals surface area contributed by atoms with Gasteiger partial charge in [0, 0.05) is 17.8 Å². The second kappa shape index (κ2) is 5.21. The van der Waals surface area contributed by atoms with Crippen LogP contribution in [-0.2, 0) is 4.74 Å². The van der Waals surface area contributed by atoms with Crippen LogP contribution in [0.5, 0.6) is 0 Å². The largest absolute Gasteiger partial charge is 0.384 e. The Morgan fingerprint density at radius 2 is 2.05 bits per heavy atom. The average molecular weight is 259 g/mol. The normalized spacial score (nSPS) is 26.8. The first-order valence-electron chi connectivity index (χ1n) is 7.09. The second-order valence-electron chi connectivity index (χ2n) is 5.39. The van der Waals surface area contributed by atoms with Gasteiger partial charge in [-0.2, -0.15) is 0 Å². The van der Waals surface area contributed by atoms with Crippen molar-refractivity contribution in [3.05, 3.63) is 29.8 Å². The van der Waals surface area contributed by atoms with Crippen molar-refractivity contribution in [3.63, 3.8) is 0 Å². The Balaban J connectivity index is 1.94. The summed E-state index contributed by atoms with van der Waals surface area (Å²) in [6.07, 6.45) is 5.22. The van der Waals surface area contributed by atoms with Gasteiger partial charge < -0.3 is 15.4 Å². The number of fused-ring (bicyclic) bond motifs is 1. The number of nitrogens with zero attached hydrogens (tertiary/aromatic N) is 1. The molecule has 1 aliphatic heterocycles. The molecule has 1 saturated carbocycles. The minimum absolute atomic E-state index is 0.148. The summed E-state index contributed by atoms with van der Waals surface area (Å²) in [7, 11) is 0. The van der Waals surface area contributed by atoms with E-state index in [-0.39, 0.29) is 5.84 Å². The fourth-order valence-corrected chi connectivity index (χ4v) is 3.35. The molecule has 1 heterocycles. The maximum absolute atomic E-state index is 7.75. The molecule has 1 aliphatic carbocycles. The molecule has 0 bridgehead atoms. The Labute approximate surface area is 114 Å². The molecule has 3 rings (SSSR count). The highest BCUT2D eigenvalue weighted by Gasteiger charge is 2.35. The SMILES string of the molecule is N=C(N)c1ccccc1N1CCOC2CCCCC21. The third-order valence-electron chi connectivity index (χ3n) is 4.24. The molecule has 0 aromatic heterocycles. The average Bonchev–Trinajstić information content (AvgIpc) is 2.46. The smallest absolute Gasteiger partial charge is 0.124 e. The quantitative estimate of drug-likeness (QED) is 0.631. The molecule has 2 atom stereocenters. The highest BCUT2D eigenvalue weighted by atomic mass is 16.5. The van der Waals surface area contributed by atoms with Crippen molar-refractivity contribution in [2.24, 2.45) is 5.73 Å². The van der Waals surface area contributed by atoms with E-state index in [1.807, 2.05) is 18.2 Å². The molecule has 4 heteroatoms. The van der Waals surface area contributed by atoms with Gasteiger partial charge in [0.25, 0.3) is 0 Å². The molecular formula is C15H21N3O. The molecule has 19 heavy (non-hydrogen) atoms. The number of nitrogen functional groups attached to an aromatic ring is 1. The van der Waals surface area contributed by atoms with Crippen LogP contribution >= 0.6 is 0 Å². The number of nitrogens with one attached hydrogen (secondary N) is 1. The van der Waals surface area contributed by atoms with Crippen LogP contribution in [0, 0.1) is 5.41 Å². The third-order valence-corrected chi connectivity index (χ3v) is 4.24. The molecule has 1 aromatic rings. The molecule has 102 valence electrons. The van der Waals surface area contributed by atoms with Gasteiger partial charge in [0.15, 0.2) is 0 Å². The van der Waals surface area contributed by atoms with Crippen LogP contribution in [0.3, 0.4) is 0 Å². The van der Waals surface area contributed by atoms with Crippen LogP contribution in [0.15, 0.2) is 24.3 Å². The fourth-order valence-electron chi connectivity index (χ4n) is 3.35. The second-order valence-corrected chi connectivity index (χ2v) is 5.39. The number of amidine groups is 1. The van der Waals surface area contributed by atoms with Gasteiger partial charge in [-0.05, 0) is 25.0 Å². The number of benzene rings is 1. The molecular weight excluding hydrogens is 238 g/mol. The summed E-state index contributed by atoms with van der Waals surface area (Å²) in [6, 6.07) is 8.43. The third kappa shape index (κ3) is 2.32. The lowest BCUT2D eigenvalue weighted by atomic mass is 9.89. The predicted molar refractivity (Wildman–Crippen MR) is 76.8 cm³/mol. The van der Waals surface area contributed by atoms with Crippen molar-refractivity contribution < 1.29 is 4.74 Å². The Morgan fingerprint density at radius 3 is 2.89 bits per heavy atom. The number of hydrogen-bond acceptors (Lipinski definition) is 3. The summed E-state index contributed by atoms with van der Waals surface area (Å²) >= 11 is 0. The zero-order valence-electron chi connectivity index (χ0n) is 11.1. The molecule has 2 fully saturated rings. The van der Waals surface area contributed by atoms with E-state index in [4.69, 9.17) is 15.9 Å². The Bertz CT molecular complexity index is 472. The summed E-state index contributed by atoms with van der Waals surface area (Å²) in [5, 5.41) is 7.75.